The summed E-state index contributed by atoms with van der Waals surface area (Å²) in [5.74, 6) is -0.328. The summed E-state index contributed by atoms with van der Waals surface area (Å²) < 4.78 is 5.37. The van der Waals surface area contributed by atoms with Gasteiger partial charge in [-0.25, -0.2) is 4.79 Å². The van der Waals surface area contributed by atoms with Gasteiger partial charge in [-0.3, -0.25) is 0 Å². The minimum absolute atomic E-state index is 0.314. The second-order valence-corrected chi connectivity index (χ2v) is 6.01. The average Bonchev–Trinajstić information content (AvgIpc) is 3.18. The van der Waals surface area contributed by atoms with Gasteiger partial charge in [0.15, 0.2) is 0 Å². The number of esters is 1. The smallest absolute Gasteiger partial charge is 0.340 e. The molecule has 19 heavy (non-hydrogen) atoms. The lowest BCUT2D eigenvalue weighted by Crippen LogP contribution is -2.20. The topological polar surface area (TPSA) is 64.3 Å². The average molecular weight is 280 g/mol. The van der Waals surface area contributed by atoms with Gasteiger partial charge in [-0.2, -0.15) is 11.8 Å². The molecule has 0 radical (unpaired) electrons. The highest BCUT2D eigenvalue weighted by Crippen LogP contribution is 2.47. The van der Waals surface area contributed by atoms with Gasteiger partial charge in [-0.05, 0) is 38.2 Å². The third kappa shape index (κ3) is 3.15. The molecular weight excluding hydrogens is 260 g/mol. The van der Waals surface area contributed by atoms with E-state index in [4.69, 9.17) is 10.5 Å². The number of nitrogens with two attached hydrogens (primary N) is 1. The molecule has 104 valence electrons. The molecule has 0 amide bonds. The summed E-state index contributed by atoms with van der Waals surface area (Å²) in [6, 6.07) is 5.31. The van der Waals surface area contributed by atoms with Crippen LogP contribution in [0.2, 0.25) is 0 Å². The third-order valence-electron chi connectivity index (χ3n) is 3.42. The SMILES string of the molecule is CCOC(=O)c1cccc(N)c1NCC1(SC)CC1. The molecule has 0 saturated heterocycles. The van der Waals surface area contributed by atoms with Crippen molar-refractivity contribution >= 4 is 29.1 Å². The van der Waals surface area contributed by atoms with Gasteiger partial charge in [0, 0.05) is 11.3 Å². The summed E-state index contributed by atoms with van der Waals surface area (Å²) in [5, 5.41) is 3.33. The highest BCUT2D eigenvalue weighted by Gasteiger charge is 2.41. The number of thioether (sulfide) groups is 1. The van der Waals surface area contributed by atoms with Gasteiger partial charge in [0.2, 0.25) is 0 Å². The highest BCUT2D eigenvalue weighted by atomic mass is 32.2. The fourth-order valence-corrected chi connectivity index (χ4v) is 2.72. The van der Waals surface area contributed by atoms with Gasteiger partial charge in [0.05, 0.1) is 23.5 Å². The van der Waals surface area contributed by atoms with E-state index >= 15 is 0 Å². The van der Waals surface area contributed by atoms with Crippen molar-refractivity contribution in [1.82, 2.24) is 0 Å². The maximum absolute atomic E-state index is 11.9. The van der Waals surface area contributed by atoms with Crippen LogP contribution in [0.5, 0.6) is 0 Å². The Morgan fingerprint density at radius 3 is 2.84 bits per heavy atom. The quantitative estimate of drug-likeness (QED) is 0.619. The number of nitrogen functional groups attached to an aromatic ring is 1. The molecule has 0 aromatic heterocycles. The number of benzene rings is 1. The Hall–Kier alpha value is -1.36. The van der Waals surface area contributed by atoms with Crippen LogP contribution in [0.15, 0.2) is 18.2 Å². The monoisotopic (exact) mass is 280 g/mol. The fourth-order valence-electron chi connectivity index (χ4n) is 1.99. The van der Waals surface area contributed by atoms with E-state index in [1.54, 1.807) is 25.1 Å². The highest BCUT2D eigenvalue weighted by molar-refractivity contribution is 8.00. The van der Waals surface area contributed by atoms with E-state index in [2.05, 4.69) is 11.6 Å². The van der Waals surface area contributed by atoms with Crippen LogP contribution in [0.1, 0.15) is 30.1 Å². The van der Waals surface area contributed by atoms with Crippen LogP contribution in [0.25, 0.3) is 0 Å². The molecule has 0 bridgehead atoms. The van der Waals surface area contributed by atoms with Crippen molar-refractivity contribution in [3.8, 4) is 0 Å². The molecule has 1 saturated carbocycles. The van der Waals surface area contributed by atoms with E-state index in [0.29, 0.717) is 28.3 Å². The molecule has 1 aliphatic rings. The second kappa shape index (κ2) is 5.74. The summed E-state index contributed by atoms with van der Waals surface area (Å²) in [5.41, 5.74) is 7.76. The second-order valence-electron chi connectivity index (χ2n) is 4.73. The van der Waals surface area contributed by atoms with Gasteiger partial charge in [0.1, 0.15) is 0 Å². The van der Waals surface area contributed by atoms with Crippen molar-refractivity contribution in [2.75, 3.05) is 30.5 Å². The van der Waals surface area contributed by atoms with Crippen molar-refractivity contribution in [2.45, 2.75) is 24.5 Å². The standard InChI is InChI=1S/C14H20N2O2S/c1-3-18-13(17)10-5-4-6-11(15)12(10)16-9-14(19-2)7-8-14/h4-6,16H,3,7-9,15H2,1-2H3. The van der Waals surface area contributed by atoms with E-state index in [9.17, 15) is 4.79 Å². The van der Waals surface area contributed by atoms with Crippen LogP contribution in [0.4, 0.5) is 11.4 Å². The van der Waals surface area contributed by atoms with Crippen molar-refractivity contribution in [1.29, 1.82) is 0 Å². The van der Waals surface area contributed by atoms with Gasteiger partial charge in [-0.15, -0.1) is 0 Å². The zero-order valence-electron chi connectivity index (χ0n) is 11.4. The van der Waals surface area contributed by atoms with Gasteiger partial charge >= 0.3 is 5.97 Å². The summed E-state index contributed by atoms with van der Waals surface area (Å²) in [4.78, 5) is 11.9. The number of para-hydroxylation sites is 1. The summed E-state index contributed by atoms with van der Waals surface area (Å²) >= 11 is 1.87. The molecule has 0 atom stereocenters. The van der Waals surface area contributed by atoms with Crippen molar-refractivity contribution in [3.05, 3.63) is 23.8 Å². The molecule has 0 heterocycles. The number of nitrogens with one attached hydrogen (secondary N) is 1. The number of ether oxygens (including phenoxy) is 1. The lowest BCUT2D eigenvalue weighted by molar-refractivity contribution is 0.0527. The Balaban J connectivity index is 2.15. The Kier molecular flexibility index (Phi) is 4.24. The Morgan fingerprint density at radius 2 is 2.26 bits per heavy atom. The molecule has 2 rings (SSSR count). The van der Waals surface area contributed by atoms with Gasteiger partial charge in [-0.1, -0.05) is 6.07 Å². The third-order valence-corrected chi connectivity index (χ3v) is 4.84. The normalized spacial score (nSPS) is 15.9. The predicted octanol–water partition coefficient (Wildman–Crippen LogP) is 2.75. The molecular formula is C14H20N2O2S. The van der Waals surface area contributed by atoms with Gasteiger partial charge in [0.25, 0.3) is 0 Å². The molecule has 1 aromatic carbocycles. The summed E-state index contributed by atoms with van der Waals surface area (Å²) in [6.45, 7) is 2.99. The van der Waals surface area contributed by atoms with Crippen molar-refractivity contribution < 1.29 is 9.53 Å². The Bertz CT molecular complexity index is 473. The van der Waals surface area contributed by atoms with Gasteiger partial charge < -0.3 is 15.8 Å². The Morgan fingerprint density at radius 1 is 1.53 bits per heavy atom. The van der Waals surface area contributed by atoms with E-state index in [0.717, 1.165) is 6.54 Å². The maximum Gasteiger partial charge on any atom is 0.340 e. The maximum atomic E-state index is 11.9. The number of hydrogen-bond donors (Lipinski definition) is 2. The van der Waals surface area contributed by atoms with E-state index in [-0.39, 0.29) is 5.97 Å². The minimum Gasteiger partial charge on any atom is -0.462 e. The Labute approximate surface area is 118 Å². The number of hydrogen-bond acceptors (Lipinski definition) is 5. The zero-order chi connectivity index (χ0) is 13.9. The van der Waals surface area contributed by atoms with E-state index in [1.165, 1.54) is 12.8 Å². The number of carbonyl (C=O) groups is 1. The number of rotatable bonds is 6. The van der Waals surface area contributed by atoms with Crippen LogP contribution >= 0.6 is 11.8 Å². The molecule has 4 nitrogen and oxygen atoms in total. The van der Waals surface area contributed by atoms with Crippen LogP contribution in [-0.4, -0.2) is 30.1 Å². The van der Waals surface area contributed by atoms with E-state index in [1.807, 2.05) is 11.8 Å². The lowest BCUT2D eigenvalue weighted by Gasteiger charge is -2.17. The molecule has 0 aliphatic heterocycles. The van der Waals surface area contributed by atoms with Crippen LogP contribution in [0.3, 0.4) is 0 Å². The molecule has 1 fully saturated rings. The molecule has 3 N–H and O–H groups in total. The first kappa shape index (κ1) is 14.1. The first-order chi connectivity index (χ1) is 9.12. The minimum atomic E-state index is -0.328. The molecule has 1 aliphatic carbocycles. The fraction of sp³-hybridized carbons (Fsp3) is 0.500. The lowest BCUT2D eigenvalue weighted by atomic mass is 10.1. The largest absolute Gasteiger partial charge is 0.462 e. The number of anilines is 2. The van der Waals surface area contributed by atoms with Crippen LogP contribution in [-0.2, 0) is 4.74 Å². The first-order valence-corrected chi connectivity index (χ1v) is 7.69. The summed E-state index contributed by atoms with van der Waals surface area (Å²) in [6.07, 6.45) is 4.54. The van der Waals surface area contributed by atoms with Crippen molar-refractivity contribution in [2.24, 2.45) is 0 Å². The molecule has 1 aromatic rings. The van der Waals surface area contributed by atoms with Crippen molar-refractivity contribution in [3.63, 3.8) is 0 Å². The molecule has 5 heteroatoms. The number of carbonyl (C=O) groups excluding carboxylic acids is 1. The first-order valence-electron chi connectivity index (χ1n) is 6.46. The molecule has 0 spiro atoms. The molecule has 0 unspecified atom stereocenters. The van der Waals surface area contributed by atoms with E-state index < -0.39 is 0 Å². The predicted molar refractivity (Wildman–Crippen MR) is 80.8 cm³/mol. The zero-order valence-corrected chi connectivity index (χ0v) is 12.2. The van der Waals surface area contributed by atoms with Crippen LogP contribution < -0.4 is 11.1 Å². The van der Waals surface area contributed by atoms with Crippen LogP contribution in [0, 0.1) is 0 Å². The summed E-state index contributed by atoms with van der Waals surface area (Å²) in [7, 11) is 0.